The number of rotatable bonds is 2. The Morgan fingerprint density at radius 1 is 1.73 bits per heavy atom. The molecule has 1 aliphatic carbocycles. The molecule has 0 saturated carbocycles. The van der Waals surface area contributed by atoms with Gasteiger partial charge in [-0.3, -0.25) is 4.79 Å². The van der Waals surface area contributed by atoms with Crippen LogP contribution in [-0.2, 0) is 11.2 Å². The quantitative estimate of drug-likeness (QED) is 0.801. The van der Waals surface area contributed by atoms with Gasteiger partial charge in [0.05, 0.1) is 12.1 Å². The van der Waals surface area contributed by atoms with Crippen molar-refractivity contribution in [3.05, 3.63) is 21.9 Å². The van der Waals surface area contributed by atoms with Gasteiger partial charge in [-0.15, -0.1) is 11.3 Å². The third-order valence-electron chi connectivity index (χ3n) is 2.78. The molecule has 2 atom stereocenters. The van der Waals surface area contributed by atoms with Crippen molar-refractivity contribution < 1.29 is 4.79 Å². The molecule has 0 fully saturated rings. The molecule has 15 heavy (non-hydrogen) atoms. The molecule has 3 N–H and O–H groups in total. The molecule has 0 bridgehead atoms. The lowest BCUT2D eigenvalue weighted by Crippen LogP contribution is -2.40. The summed E-state index contributed by atoms with van der Waals surface area (Å²) in [6.45, 7) is 1.71. The Morgan fingerprint density at radius 3 is 3.27 bits per heavy atom. The standard InChI is InChI=1S/C11H16N2OS/c1-7(12)11(14)13-9-3-2-4-10-8(9)5-6-15-10/h5-7,9H,2-4,12H2,1H3,(H,13,14)/t7-,9?/m0/s1. The summed E-state index contributed by atoms with van der Waals surface area (Å²) < 4.78 is 0. The van der Waals surface area contributed by atoms with Crippen molar-refractivity contribution in [2.24, 2.45) is 5.73 Å². The normalized spacial score (nSPS) is 21.9. The van der Waals surface area contributed by atoms with Gasteiger partial charge in [0, 0.05) is 4.88 Å². The van der Waals surface area contributed by atoms with Gasteiger partial charge in [-0.25, -0.2) is 0 Å². The monoisotopic (exact) mass is 224 g/mol. The average Bonchev–Trinajstić information content (AvgIpc) is 2.66. The maximum Gasteiger partial charge on any atom is 0.237 e. The van der Waals surface area contributed by atoms with Crippen LogP contribution in [0.2, 0.25) is 0 Å². The summed E-state index contributed by atoms with van der Waals surface area (Å²) in [6, 6.07) is 1.87. The zero-order valence-corrected chi connectivity index (χ0v) is 9.64. The lowest BCUT2D eigenvalue weighted by molar-refractivity contribution is -0.122. The number of nitrogens with two attached hydrogens (primary N) is 1. The molecule has 1 aromatic heterocycles. The minimum Gasteiger partial charge on any atom is -0.348 e. The number of fused-ring (bicyclic) bond motifs is 1. The third kappa shape index (κ3) is 2.21. The highest BCUT2D eigenvalue weighted by atomic mass is 32.1. The fourth-order valence-corrected chi connectivity index (χ4v) is 2.93. The Morgan fingerprint density at radius 2 is 2.53 bits per heavy atom. The van der Waals surface area contributed by atoms with Gasteiger partial charge in [-0.1, -0.05) is 0 Å². The van der Waals surface area contributed by atoms with E-state index in [-0.39, 0.29) is 11.9 Å². The van der Waals surface area contributed by atoms with Crippen LogP contribution in [0, 0.1) is 0 Å². The lowest BCUT2D eigenvalue weighted by Gasteiger charge is -2.24. The lowest BCUT2D eigenvalue weighted by atomic mass is 9.94. The molecule has 1 heterocycles. The Balaban J connectivity index is 2.10. The molecule has 2 rings (SSSR count). The molecule has 1 aliphatic rings. The van der Waals surface area contributed by atoms with Gasteiger partial charge in [0.15, 0.2) is 0 Å². The van der Waals surface area contributed by atoms with Crippen LogP contribution in [-0.4, -0.2) is 11.9 Å². The molecule has 82 valence electrons. The van der Waals surface area contributed by atoms with Crippen LogP contribution in [0.25, 0.3) is 0 Å². The molecule has 0 radical (unpaired) electrons. The minimum absolute atomic E-state index is 0.0564. The molecule has 1 amide bonds. The van der Waals surface area contributed by atoms with Crippen molar-refractivity contribution in [2.75, 3.05) is 0 Å². The number of aryl methyl sites for hydroxylation is 1. The average molecular weight is 224 g/mol. The van der Waals surface area contributed by atoms with Crippen molar-refractivity contribution in [1.29, 1.82) is 0 Å². The Bertz CT molecular complexity index is 359. The molecule has 4 heteroatoms. The summed E-state index contributed by atoms with van der Waals surface area (Å²) in [6.07, 6.45) is 3.33. The van der Waals surface area contributed by atoms with E-state index in [2.05, 4.69) is 16.8 Å². The van der Waals surface area contributed by atoms with E-state index in [0.717, 1.165) is 19.3 Å². The van der Waals surface area contributed by atoms with Crippen molar-refractivity contribution in [3.63, 3.8) is 0 Å². The van der Waals surface area contributed by atoms with Crippen LogP contribution in [0.15, 0.2) is 11.4 Å². The number of carbonyl (C=O) groups excluding carboxylic acids is 1. The SMILES string of the molecule is C[C@H](N)C(=O)NC1CCCc2sccc21. The third-order valence-corrected chi connectivity index (χ3v) is 3.78. The summed E-state index contributed by atoms with van der Waals surface area (Å²) in [4.78, 5) is 12.9. The predicted molar refractivity (Wildman–Crippen MR) is 61.8 cm³/mol. The minimum atomic E-state index is -0.422. The molecule has 0 spiro atoms. The fourth-order valence-electron chi connectivity index (χ4n) is 1.94. The molecule has 1 aromatic rings. The smallest absolute Gasteiger partial charge is 0.237 e. The first kappa shape index (κ1) is 10.6. The Kier molecular flexibility index (Phi) is 3.07. The number of amides is 1. The summed E-state index contributed by atoms with van der Waals surface area (Å²) in [5.41, 5.74) is 6.83. The largest absolute Gasteiger partial charge is 0.348 e. The second kappa shape index (κ2) is 4.33. The first-order valence-electron chi connectivity index (χ1n) is 5.30. The van der Waals surface area contributed by atoms with Gasteiger partial charge >= 0.3 is 0 Å². The number of hydrogen-bond donors (Lipinski definition) is 2. The van der Waals surface area contributed by atoms with E-state index in [1.807, 2.05) is 0 Å². The number of carbonyl (C=O) groups is 1. The molecular weight excluding hydrogens is 208 g/mol. The second-order valence-electron chi connectivity index (χ2n) is 4.04. The Labute approximate surface area is 93.7 Å². The molecule has 0 aromatic carbocycles. The molecular formula is C11H16N2OS. The maximum atomic E-state index is 11.5. The summed E-state index contributed by atoms with van der Waals surface area (Å²) in [5.74, 6) is -0.0564. The van der Waals surface area contributed by atoms with Gasteiger partial charge in [-0.05, 0) is 43.2 Å². The molecule has 3 nitrogen and oxygen atoms in total. The zero-order chi connectivity index (χ0) is 10.8. The van der Waals surface area contributed by atoms with Crippen LogP contribution in [0.4, 0.5) is 0 Å². The van der Waals surface area contributed by atoms with Crippen LogP contribution >= 0.6 is 11.3 Å². The van der Waals surface area contributed by atoms with Crippen molar-refractivity contribution in [2.45, 2.75) is 38.3 Å². The summed E-state index contributed by atoms with van der Waals surface area (Å²) >= 11 is 1.78. The van der Waals surface area contributed by atoms with E-state index in [4.69, 9.17) is 5.73 Å². The van der Waals surface area contributed by atoms with Gasteiger partial charge in [0.2, 0.25) is 5.91 Å². The van der Waals surface area contributed by atoms with Gasteiger partial charge in [0.1, 0.15) is 0 Å². The predicted octanol–water partition coefficient (Wildman–Crippen LogP) is 1.59. The van der Waals surface area contributed by atoms with E-state index < -0.39 is 6.04 Å². The first-order chi connectivity index (χ1) is 7.18. The maximum absolute atomic E-state index is 11.5. The van der Waals surface area contributed by atoms with Gasteiger partial charge < -0.3 is 11.1 Å². The van der Waals surface area contributed by atoms with Gasteiger partial charge in [0.25, 0.3) is 0 Å². The molecule has 0 aliphatic heterocycles. The van der Waals surface area contributed by atoms with Crippen molar-refractivity contribution in [1.82, 2.24) is 5.32 Å². The highest BCUT2D eigenvalue weighted by Gasteiger charge is 2.23. The molecule has 0 saturated heterocycles. The zero-order valence-electron chi connectivity index (χ0n) is 8.82. The van der Waals surface area contributed by atoms with Crippen LogP contribution in [0.1, 0.15) is 36.2 Å². The van der Waals surface area contributed by atoms with Crippen LogP contribution in [0.5, 0.6) is 0 Å². The summed E-state index contributed by atoms with van der Waals surface area (Å²) in [7, 11) is 0. The number of thiophene rings is 1. The van der Waals surface area contributed by atoms with E-state index in [9.17, 15) is 4.79 Å². The van der Waals surface area contributed by atoms with E-state index in [1.54, 1.807) is 18.3 Å². The van der Waals surface area contributed by atoms with E-state index in [1.165, 1.54) is 10.4 Å². The second-order valence-corrected chi connectivity index (χ2v) is 5.04. The van der Waals surface area contributed by atoms with Crippen LogP contribution in [0.3, 0.4) is 0 Å². The molecule has 1 unspecified atom stereocenters. The van der Waals surface area contributed by atoms with E-state index >= 15 is 0 Å². The highest BCUT2D eigenvalue weighted by Crippen LogP contribution is 2.33. The van der Waals surface area contributed by atoms with Crippen molar-refractivity contribution >= 4 is 17.2 Å². The van der Waals surface area contributed by atoms with Crippen LogP contribution < -0.4 is 11.1 Å². The first-order valence-corrected chi connectivity index (χ1v) is 6.18. The van der Waals surface area contributed by atoms with E-state index in [0.29, 0.717) is 0 Å². The van der Waals surface area contributed by atoms with Gasteiger partial charge in [-0.2, -0.15) is 0 Å². The number of hydrogen-bond acceptors (Lipinski definition) is 3. The summed E-state index contributed by atoms with van der Waals surface area (Å²) in [5, 5.41) is 5.10. The highest BCUT2D eigenvalue weighted by molar-refractivity contribution is 7.10. The topological polar surface area (TPSA) is 55.1 Å². The number of nitrogens with one attached hydrogen (secondary N) is 1. The fraction of sp³-hybridized carbons (Fsp3) is 0.545. The Hall–Kier alpha value is -0.870. The van der Waals surface area contributed by atoms with Crippen molar-refractivity contribution in [3.8, 4) is 0 Å².